The lowest BCUT2D eigenvalue weighted by Gasteiger charge is -2.15. The molecule has 1 aromatic heterocycles. The fourth-order valence-electron chi connectivity index (χ4n) is 3.53. The third-order valence-corrected chi connectivity index (χ3v) is 5.30. The van der Waals surface area contributed by atoms with E-state index in [4.69, 9.17) is 15.2 Å². The first-order valence-corrected chi connectivity index (χ1v) is 10.5. The number of rotatable bonds is 8. The SMILES string of the molecule is C=C(Cc1cc(OC)c(OCc2ccc(-n3ccnc3)cc2)cc1F)C1=CCC=CN=C1N. The molecule has 0 unspecified atom stereocenters. The number of hydrogen-bond donors (Lipinski definition) is 1. The van der Waals surface area contributed by atoms with E-state index in [1.807, 2.05) is 47.2 Å². The Hall–Kier alpha value is -4.13. The van der Waals surface area contributed by atoms with Gasteiger partial charge in [-0.15, -0.1) is 0 Å². The van der Waals surface area contributed by atoms with Crippen LogP contribution in [0.2, 0.25) is 0 Å². The van der Waals surface area contributed by atoms with Crippen LogP contribution in [-0.4, -0.2) is 22.5 Å². The summed E-state index contributed by atoms with van der Waals surface area (Å²) in [5.41, 5.74) is 9.82. The maximum Gasteiger partial charge on any atom is 0.164 e. The summed E-state index contributed by atoms with van der Waals surface area (Å²) in [5.74, 6) is 0.764. The predicted molar refractivity (Wildman–Crippen MR) is 127 cm³/mol. The highest BCUT2D eigenvalue weighted by Crippen LogP contribution is 2.32. The molecule has 168 valence electrons. The van der Waals surface area contributed by atoms with E-state index in [2.05, 4.69) is 16.6 Å². The number of nitrogens with zero attached hydrogens (tertiary/aromatic N) is 3. The molecule has 1 aliphatic heterocycles. The number of allylic oxidation sites excluding steroid dienone is 2. The quantitative estimate of drug-likeness (QED) is 0.536. The largest absolute Gasteiger partial charge is 0.493 e. The summed E-state index contributed by atoms with van der Waals surface area (Å²) in [7, 11) is 1.53. The first-order valence-electron chi connectivity index (χ1n) is 10.5. The van der Waals surface area contributed by atoms with Gasteiger partial charge in [-0.3, -0.25) is 0 Å². The molecular formula is C26H25FN4O2. The summed E-state index contributed by atoms with van der Waals surface area (Å²) in [4.78, 5) is 8.20. The van der Waals surface area contributed by atoms with Gasteiger partial charge in [0.15, 0.2) is 11.5 Å². The Balaban J connectivity index is 1.46. The van der Waals surface area contributed by atoms with Gasteiger partial charge in [0.25, 0.3) is 0 Å². The van der Waals surface area contributed by atoms with Crippen molar-refractivity contribution in [2.45, 2.75) is 19.4 Å². The van der Waals surface area contributed by atoms with E-state index >= 15 is 0 Å². The summed E-state index contributed by atoms with van der Waals surface area (Å²) in [6.45, 7) is 4.36. The average Bonchev–Trinajstić information content (AvgIpc) is 3.28. The van der Waals surface area contributed by atoms with Crippen LogP contribution in [0.1, 0.15) is 17.5 Å². The monoisotopic (exact) mass is 444 g/mol. The Bertz CT molecular complexity index is 1230. The minimum absolute atomic E-state index is 0.277. The highest BCUT2D eigenvalue weighted by molar-refractivity contribution is 6.01. The lowest BCUT2D eigenvalue weighted by molar-refractivity contribution is 0.282. The van der Waals surface area contributed by atoms with Crippen molar-refractivity contribution in [3.05, 3.63) is 108 Å². The van der Waals surface area contributed by atoms with Crippen LogP contribution in [0.4, 0.5) is 4.39 Å². The topological polar surface area (TPSA) is 74.7 Å². The van der Waals surface area contributed by atoms with E-state index in [-0.39, 0.29) is 13.0 Å². The minimum Gasteiger partial charge on any atom is -0.493 e. The number of halogens is 1. The second-order valence-corrected chi connectivity index (χ2v) is 7.55. The number of aliphatic imine (C=N–C) groups is 1. The Labute approximate surface area is 192 Å². The highest BCUT2D eigenvalue weighted by Gasteiger charge is 2.16. The van der Waals surface area contributed by atoms with E-state index in [0.717, 1.165) is 16.8 Å². The van der Waals surface area contributed by atoms with Crippen LogP contribution in [-0.2, 0) is 13.0 Å². The van der Waals surface area contributed by atoms with Crippen LogP contribution in [0.5, 0.6) is 11.5 Å². The first kappa shape index (κ1) is 22.1. The Morgan fingerprint density at radius 2 is 2.03 bits per heavy atom. The molecule has 1 aliphatic rings. The van der Waals surface area contributed by atoms with Crippen LogP contribution < -0.4 is 15.2 Å². The van der Waals surface area contributed by atoms with Gasteiger partial charge in [-0.25, -0.2) is 14.4 Å². The van der Waals surface area contributed by atoms with Crippen molar-refractivity contribution in [2.24, 2.45) is 10.7 Å². The first-order chi connectivity index (χ1) is 16.0. The summed E-state index contributed by atoms with van der Waals surface area (Å²) in [6.07, 6.45) is 11.8. The number of amidine groups is 1. The number of imidazole rings is 1. The van der Waals surface area contributed by atoms with Crippen LogP contribution in [0.3, 0.4) is 0 Å². The van der Waals surface area contributed by atoms with Crippen molar-refractivity contribution < 1.29 is 13.9 Å². The van der Waals surface area contributed by atoms with Crippen LogP contribution in [0.15, 0.2) is 96.2 Å². The van der Waals surface area contributed by atoms with E-state index in [1.54, 1.807) is 24.8 Å². The molecule has 0 saturated carbocycles. The predicted octanol–water partition coefficient (Wildman–Crippen LogP) is 4.90. The molecule has 6 nitrogen and oxygen atoms in total. The number of aromatic nitrogens is 2. The molecule has 0 spiro atoms. The Morgan fingerprint density at radius 1 is 1.21 bits per heavy atom. The molecule has 0 amide bonds. The van der Waals surface area contributed by atoms with Crippen molar-refractivity contribution in [1.29, 1.82) is 0 Å². The molecule has 0 aliphatic carbocycles. The third kappa shape index (κ3) is 5.20. The third-order valence-electron chi connectivity index (χ3n) is 5.30. The summed E-state index contributed by atoms with van der Waals surface area (Å²) in [6, 6.07) is 10.8. The number of methoxy groups -OCH3 is 1. The molecule has 2 heterocycles. The zero-order chi connectivity index (χ0) is 23.2. The van der Waals surface area contributed by atoms with E-state index in [0.29, 0.717) is 34.9 Å². The minimum atomic E-state index is -0.398. The maximum absolute atomic E-state index is 14.9. The summed E-state index contributed by atoms with van der Waals surface area (Å²) >= 11 is 0. The molecule has 0 fully saturated rings. The summed E-state index contributed by atoms with van der Waals surface area (Å²) in [5, 5.41) is 0. The zero-order valence-corrected chi connectivity index (χ0v) is 18.4. The second-order valence-electron chi connectivity index (χ2n) is 7.55. The van der Waals surface area contributed by atoms with Gasteiger partial charge < -0.3 is 19.8 Å². The van der Waals surface area contributed by atoms with Crippen molar-refractivity contribution in [3.63, 3.8) is 0 Å². The summed E-state index contributed by atoms with van der Waals surface area (Å²) < 4.78 is 28.2. The van der Waals surface area contributed by atoms with Gasteiger partial charge in [-0.2, -0.15) is 0 Å². The van der Waals surface area contributed by atoms with Gasteiger partial charge in [-0.1, -0.05) is 30.9 Å². The number of hydrogen-bond acceptors (Lipinski definition) is 5. The van der Waals surface area contributed by atoms with Crippen LogP contribution in [0.25, 0.3) is 5.69 Å². The van der Waals surface area contributed by atoms with Crippen molar-refractivity contribution in [3.8, 4) is 17.2 Å². The molecule has 3 aromatic rings. The Kier molecular flexibility index (Phi) is 6.69. The molecule has 7 heteroatoms. The number of ether oxygens (including phenoxy) is 2. The van der Waals surface area contributed by atoms with Crippen LogP contribution >= 0.6 is 0 Å². The maximum atomic E-state index is 14.9. The molecule has 0 bridgehead atoms. The molecule has 2 aromatic carbocycles. The number of benzene rings is 2. The van der Waals surface area contributed by atoms with Gasteiger partial charge in [-0.05, 0) is 41.3 Å². The average molecular weight is 445 g/mol. The zero-order valence-electron chi connectivity index (χ0n) is 18.4. The second kappa shape index (κ2) is 9.99. The Morgan fingerprint density at radius 3 is 2.76 bits per heavy atom. The van der Waals surface area contributed by atoms with E-state index < -0.39 is 5.82 Å². The molecular weight excluding hydrogens is 419 g/mol. The van der Waals surface area contributed by atoms with Crippen molar-refractivity contribution >= 4 is 5.84 Å². The molecule has 4 rings (SSSR count). The molecule has 0 saturated heterocycles. The van der Waals surface area contributed by atoms with Crippen LogP contribution in [0, 0.1) is 5.82 Å². The van der Waals surface area contributed by atoms with Gasteiger partial charge in [0, 0.05) is 42.3 Å². The standard InChI is InChI=1S/C26H25FN4O2/c1-18(22-5-3-4-10-30-26(22)28)13-20-14-24(32-2)25(15-23(20)27)33-16-19-6-8-21(9-7-19)31-12-11-29-17-31/h4-12,14-15,17H,1,3,13,16H2,2H3,(H2,28,30). The van der Waals surface area contributed by atoms with Gasteiger partial charge in [0.2, 0.25) is 0 Å². The molecule has 0 atom stereocenters. The fourth-order valence-corrected chi connectivity index (χ4v) is 3.53. The van der Waals surface area contributed by atoms with Gasteiger partial charge >= 0.3 is 0 Å². The molecule has 2 N–H and O–H groups in total. The van der Waals surface area contributed by atoms with Crippen molar-refractivity contribution in [2.75, 3.05) is 7.11 Å². The normalized spacial score (nSPS) is 13.2. The number of nitrogens with two attached hydrogens (primary N) is 1. The fraction of sp³-hybridized carbons (Fsp3) is 0.154. The lowest BCUT2D eigenvalue weighted by Crippen LogP contribution is -2.16. The van der Waals surface area contributed by atoms with Gasteiger partial charge in [0.05, 0.1) is 13.4 Å². The lowest BCUT2D eigenvalue weighted by atomic mass is 9.97. The highest BCUT2D eigenvalue weighted by atomic mass is 19.1. The van der Waals surface area contributed by atoms with Crippen molar-refractivity contribution in [1.82, 2.24) is 9.55 Å². The van der Waals surface area contributed by atoms with E-state index in [9.17, 15) is 4.39 Å². The smallest absolute Gasteiger partial charge is 0.164 e. The van der Waals surface area contributed by atoms with E-state index in [1.165, 1.54) is 13.2 Å². The van der Waals surface area contributed by atoms with Gasteiger partial charge in [0.1, 0.15) is 18.3 Å². The molecule has 0 radical (unpaired) electrons. The molecule has 33 heavy (non-hydrogen) atoms.